The summed E-state index contributed by atoms with van der Waals surface area (Å²) in [7, 11) is 3.29. The molecule has 0 spiro atoms. The van der Waals surface area contributed by atoms with Gasteiger partial charge in [0.05, 0.1) is 14.2 Å². The van der Waals surface area contributed by atoms with E-state index in [2.05, 4.69) is 24.9 Å². The number of methoxy groups -OCH3 is 2. The molecule has 0 aliphatic heterocycles. The second-order valence-electron chi connectivity index (χ2n) is 4.26. The van der Waals surface area contributed by atoms with Crippen molar-refractivity contribution < 1.29 is 9.47 Å². The Hall–Kier alpha value is -1.77. The second-order valence-corrected chi connectivity index (χ2v) is 4.26. The number of nitrogens with zero attached hydrogens (tertiary/aromatic N) is 1. The molecule has 0 unspecified atom stereocenters. The Morgan fingerprint density at radius 3 is 2.47 bits per heavy atom. The zero-order chi connectivity index (χ0) is 12.4. The molecule has 2 aromatic rings. The minimum absolute atomic E-state index is 0.418. The Labute approximate surface area is 101 Å². The van der Waals surface area contributed by atoms with Crippen LogP contribution in [-0.4, -0.2) is 19.2 Å². The van der Waals surface area contributed by atoms with Crippen LogP contribution in [0.25, 0.3) is 10.9 Å². The highest BCUT2D eigenvalue weighted by Gasteiger charge is 2.12. The van der Waals surface area contributed by atoms with Crippen molar-refractivity contribution in [2.24, 2.45) is 0 Å². The van der Waals surface area contributed by atoms with E-state index in [1.54, 1.807) is 14.2 Å². The normalized spacial score (nSPS) is 10.9. The highest BCUT2D eigenvalue weighted by Crippen LogP contribution is 2.32. The summed E-state index contributed by atoms with van der Waals surface area (Å²) in [5, 5.41) is 1.13. The van der Waals surface area contributed by atoms with Gasteiger partial charge in [0.15, 0.2) is 0 Å². The number of benzene rings is 1. The maximum Gasteiger partial charge on any atom is 0.213 e. The van der Waals surface area contributed by atoms with Crippen LogP contribution < -0.4 is 9.47 Å². The average molecular weight is 231 g/mol. The van der Waals surface area contributed by atoms with Crippen molar-refractivity contribution in [2.45, 2.75) is 19.8 Å². The average Bonchev–Trinajstić information content (AvgIpc) is 2.36. The van der Waals surface area contributed by atoms with Crippen LogP contribution in [0, 0.1) is 0 Å². The molecule has 0 saturated heterocycles. The van der Waals surface area contributed by atoms with Gasteiger partial charge >= 0.3 is 0 Å². The smallest absolute Gasteiger partial charge is 0.213 e. The van der Waals surface area contributed by atoms with Gasteiger partial charge in [-0.25, -0.2) is 4.98 Å². The first-order valence-corrected chi connectivity index (χ1v) is 5.69. The summed E-state index contributed by atoms with van der Waals surface area (Å²) in [5.41, 5.74) is 2.09. The Morgan fingerprint density at radius 1 is 1.12 bits per heavy atom. The predicted molar refractivity (Wildman–Crippen MR) is 68.9 cm³/mol. The Balaban J connectivity index is 2.80. The first kappa shape index (κ1) is 11.7. The van der Waals surface area contributed by atoms with E-state index in [1.165, 1.54) is 5.56 Å². The van der Waals surface area contributed by atoms with E-state index in [0.29, 0.717) is 11.8 Å². The third-order valence-electron chi connectivity index (χ3n) is 2.86. The van der Waals surface area contributed by atoms with Gasteiger partial charge in [0.1, 0.15) is 11.3 Å². The van der Waals surface area contributed by atoms with Crippen LogP contribution in [0.4, 0.5) is 0 Å². The quantitative estimate of drug-likeness (QED) is 0.811. The highest BCUT2D eigenvalue weighted by atomic mass is 16.5. The van der Waals surface area contributed by atoms with E-state index < -0.39 is 0 Å². The lowest BCUT2D eigenvalue weighted by molar-refractivity contribution is 0.395. The van der Waals surface area contributed by atoms with Gasteiger partial charge in [-0.05, 0) is 17.5 Å². The summed E-state index contributed by atoms with van der Waals surface area (Å²) in [4.78, 5) is 4.46. The van der Waals surface area contributed by atoms with Crippen LogP contribution in [0.1, 0.15) is 25.3 Å². The lowest BCUT2D eigenvalue weighted by Crippen LogP contribution is -1.97. The summed E-state index contributed by atoms with van der Waals surface area (Å²) in [6.07, 6.45) is 0. The minimum atomic E-state index is 0.418. The molecular weight excluding hydrogens is 214 g/mol. The number of hydrogen-bond acceptors (Lipinski definition) is 3. The maximum absolute atomic E-state index is 5.34. The zero-order valence-electron chi connectivity index (χ0n) is 10.7. The van der Waals surface area contributed by atoms with Crippen molar-refractivity contribution in [3.8, 4) is 11.6 Å². The van der Waals surface area contributed by atoms with Crippen LogP contribution in [0.5, 0.6) is 11.6 Å². The molecule has 3 heteroatoms. The molecule has 90 valence electrons. The van der Waals surface area contributed by atoms with E-state index in [1.807, 2.05) is 18.2 Å². The van der Waals surface area contributed by atoms with Gasteiger partial charge < -0.3 is 9.47 Å². The van der Waals surface area contributed by atoms with Crippen molar-refractivity contribution in [1.29, 1.82) is 0 Å². The molecule has 0 bridgehead atoms. The fraction of sp³-hybridized carbons (Fsp3) is 0.357. The van der Waals surface area contributed by atoms with Crippen molar-refractivity contribution >= 4 is 10.9 Å². The van der Waals surface area contributed by atoms with Gasteiger partial charge in [-0.2, -0.15) is 0 Å². The van der Waals surface area contributed by atoms with Crippen LogP contribution in [0.15, 0.2) is 24.3 Å². The van der Waals surface area contributed by atoms with Crippen LogP contribution in [-0.2, 0) is 0 Å². The van der Waals surface area contributed by atoms with Crippen LogP contribution >= 0.6 is 0 Å². The first-order chi connectivity index (χ1) is 8.17. The number of pyridine rings is 1. The Morgan fingerprint density at radius 2 is 1.88 bits per heavy atom. The molecule has 0 amide bonds. The Bertz CT molecular complexity index is 535. The van der Waals surface area contributed by atoms with Gasteiger partial charge in [-0.15, -0.1) is 0 Å². The molecule has 0 radical (unpaired) electrons. The molecule has 1 heterocycles. The van der Waals surface area contributed by atoms with Gasteiger partial charge in [-0.3, -0.25) is 0 Å². The molecule has 0 N–H and O–H groups in total. The fourth-order valence-electron chi connectivity index (χ4n) is 1.97. The third kappa shape index (κ3) is 2.05. The summed E-state index contributed by atoms with van der Waals surface area (Å²) in [5.74, 6) is 1.83. The lowest BCUT2D eigenvalue weighted by Gasteiger charge is -2.13. The maximum atomic E-state index is 5.34. The molecule has 17 heavy (non-hydrogen) atoms. The number of hydrogen-bond donors (Lipinski definition) is 0. The van der Waals surface area contributed by atoms with Crippen LogP contribution in [0.3, 0.4) is 0 Å². The third-order valence-corrected chi connectivity index (χ3v) is 2.86. The number of rotatable bonds is 3. The van der Waals surface area contributed by atoms with Gasteiger partial charge in [0.25, 0.3) is 0 Å². The predicted octanol–water partition coefficient (Wildman–Crippen LogP) is 3.38. The van der Waals surface area contributed by atoms with Crippen molar-refractivity contribution in [2.75, 3.05) is 14.2 Å². The standard InChI is InChI=1S/C14H17NO2/c1-9(2)11-8-13(17-4)15-14-10(11)6-5-7-12(14)16-3/h5-9H,1-4H3. The molecular formula is C14H17NO2. The molecule has 2 rings (SSSR count). The minimum Gasteiger partial charge on any atom is -0.494 e. The zero-order valence-corrected chi connectivity index (χ0v) is 10.7. The van der Waals surface area contributed by atoms with Crippen LogP contribution in [0.2, 0.25) is 0 Å². The van der Waals surface area contributed by atoms with Crippen molar-refractivity contribution in [3.05, 3.63) is 29.8 Å². The monoisotopic (exact) mass is 231 g/mol. The summed E-state index contributed by atoms with van der Waals surface area (Å²) >= 11 is 0. The fourth-order valence-corrected chi connectivity index (χ4v) is 1.97. The van der Waals surface area contributed by atoms with E-state index in [0.717, 1.165) is 16.7 Å². The molecule has 0 fully saturated rings. The Kier molecular flexibility index (Phi) is 3.18. The summed E-state index contributed by atoms with van der Waals surface area (Å²) in [6, 6.07) is 7.96. The number of ether oxygens (including phenoxy) is 2. The molecule has 1 aromatic carbocycles. The van der Waals surface area contributed by atoms with Crippen molar-refractivity contribution in [1.82, 2.24) is 4.98 Å². The summed E-state index contributed by atoms with van der Waals surface area (Å²) < 4.78 is 10.6. The van der Waals surface area contributed by atoms with Gasteiger partial charge in [-0.1, -0.05) is 26.0 Å². The number of para-hydroxylation sites is 1. The van der Waals surface area contributed by atoms with E-state index >= 15 is 0 Å². The molecule has 0 saturated carbocycles. The molecule has 3 nitrogen and oxygen atoms in total. The topological polar surface area (TPSA) is 31.4 Å². The first-order valence-electron chi connectivity index (χ1n) is 5.69. The molecule has 0 aliphatic rings. The largest absolute Gasteiger partial charge is 0.494 e. The molecule has 0 atom stereocenters. The number of fused-ring (bicyclic) bond motifs is 1. The molecule has 1 aromatic heterocycles. The van der Waals surface area contributed by atoms with E-state index in [-0.39, 0.29) is 0 Å². The van der Waals surface area contributed by atoms with E-state index in [4.69, 9.17) is 9.47 Å². The van der Waals surface area contributed by atoms with Gasteiger partial charge in [0, 0.05) is 11.5 Å². The van der Waals surface area contributed by atoms with Gasteiger partial charge in [0.2, 0.25) is 5.88 Å². The van der Waals surface area contributed by atoms with Crippen molar-refractivity contribution in [3.63, 3.8) is 0 Å². The summed E-state index contributed by atoms with van der Waals surface area (Å²) in [6.45, 7) is 4.32. The highest BCUT2D eigenvalue weighted by molar-refractivity contribution is 5.88. The molecule has 0 aliphatic carbocycles. The SMILES string of the molecule is COc1cc(C(C)C)c2cccc(OC)c2n1. The lowest BCUT2D eigenvalue weighted by atomic mass is 9.98. The van der Waals surface area contributed by atoms with E-state index in [9.17, 15) is 0 Å². The number of aromatic nitrogens is 1. The second kappa shape index (κ2) is 4.62.